The van der Waals surface area contributed by atoms with E-state index in [0.29, 0.717) is 31.9 Å². The van der Waals surface area contributed by atoms with Crippen molar-refractivity contribution in [2.45, 2.75) is 68.2 Å². The first-order valence-corrected chi connectivity index (χ1v) is 15.4. The number of piperazine rings is 1. The summed E-state index contributed by atoms with van der Waals surface area (Å²) in [7, 11) is 0. The van der Waals surface area contributed by atoms with Gasteiger partial charge in [-0.05, 0) is 50.8 Å². The number of fused-ring (bicyclic) bond motifs is 4. The summed E-state index contributed by atoms with van der Waals surface area (Å²) in [4.78, 5) is 17.1. The van der Waals surface area contributed by atoms with Gasteiger partial charge in [-0.15, -0.1) is 0 Å². The second-order valence-corrected chi connectivity index (χ2v) is 13.5. The number of benzene rings is 1. The minimum Gasteiger partial charge on any atom is -0.461 e. The van der Waals surface area contributed by atoms with Gasteiger partial charge in [-0.2, -0.15) is 28.4 Å². The summed E-state index contributed by atoms with van der Waals surface area (Å²) in [6, 6.07) is 3.48. The van der Waals surface area contributed by atoms with Gasteiger partial charge in [0.1, 0.15) is 23.6 Å². The molecule has 0 radical (unpaired) electrons. The van der Waals surface area contributed by atoms with Crippen LogP contribution in [0.5, 0.6) is 6.01 Å². The van der Waals surface area contributed by atoms with E-state index >= 15 is 4.39 Å². The van der Waals surface area contributed by atoms with Gasteiger partial charge in [-0.25, -0.2) is 13.2 Å². The number of anilines is 2. The smallest absolute Gasteiger partial charge is 0.418 e. The van der Waals surface area contributed by atoms with Crippen LogP contribution in [0, 0.1) is 22.6 Å². The maximum absolute atomic E-state index is 16.5. The van der Waals surface area contributed by atoms with Gasteiger partial charge in [0.05, 0.1) is 33.5 Å². The van der Waals surface area contributed by atoms with E-state index in [-0.39, 0.29) is 60.7 Å². The quantitative estimate of drug-likeness (QED) is 0.296. The number of aromatic nitrogens is 3. The molecule has 0 amide bonds. The summed E-state index contributed by atoms with van der Waals surface area (Å²) in [5, 5.41) is 13.2. The number of nitrogens with one attached hydrogen (secondary N) is 1. The van der Waals surface area contributed by atoms with Gasteiger partial charge >= 0.3 is 12.2 Å². The van der Waals surface area contributed by atoms with E-state index in [0.717, 1.165) is 31.4 Å². The fourth-order valence-electron chi connectivity index (χ4n) is 8.38. The van der Waals surface area contributed by atoms with Crippen molar-refractivity contribution in [3.63, 3.8) is 0 Å². The summed E-state index contributed by atoms with van der Waals surface area (Å²) < 4.78 is 94.1. The standard InChI is InChI=1S/C31H30F6N8O/c32-23-24(20-7-17(39)6-16(8-38)22(20)31(35,36)37)40-9-21-25(23)42-27(43-26(21)44-10-18-2-3-19(11-44)41-18)46-15-29-4-1-5-45(29)14-28(12-29)13-30(28,33)34/h6-7,9,18-19,41H,1-5,10-15,39H2/t18-,19+,28-,29-/m0/s1. The molecule has 4 aliphatic heterocycles. The molecule has 5 fully saturated rings. The molecule has 3 N–H and O–H groups in total. The molecule has 1 saturated carbocycles. The van der Waals surface area contributed by atoms with Crippen LogP contribution < -0.4 is 20.7 Å². The van der Waals surface area contributed by atoms with E-state index in [1.165, 1.54) is 12.3 Å². The Morgan fingerprint density at radius 2 is 1.87 bits per heavy atom. The van der Waals surface area contributed by atoms with Crippen molar-refractivity contribution < 1.29 is 31.1 Å². The molecular weight excluding hydrogens is 614 g/mol. The molecule has 1 spiro atoms. The Morgan fingerprint density at radius 1 is 1.13 bits per heavy atom. The summed E-state index contributed by atoms with van der Waals surface area (Å²) in [6.07, 6.45) is -0.268. The number of rotatable bonds is 5. The van der Waals surface area contributed by atoms with E-state index in [4.69, 9.17) is 10.5 Å². The number of nitrogen functional groups attached to an aromatic ring is 1. The Bertz CT molecular complexity index is 1800. The van der Waals surface area contributed by atoms with Crippen LogP contribution in [0.25, 0.3) is 22.2 Å². The molecule has 2 bridgehead atoms. The molecule has 3 aromatic rings. The van der Waals surface area contributed by atoms with Gasteiger partial charge in [0.25, 0.3) is 5.92 Å². The SMILES string of the molecule is N#Cc1cc(N)cc(-c2ncc3c(N4C[C@H]5CC[C@@H](C4)N5)nc(OC[C@@]45CCCN4C[C@@]4(CC4(F)F)C5)nc3c2F)c1C(F)(F)F. The molecular formula is C31H30F6N8O. The van der Waals surface area contributed by atoms with Crippen LogP contribution in [-0.4, -0.2) is 76.2 Å². The highest BCUT2D eigenvalue weighted by molar-refractivity contribution is 5.92. The number of pyridine rings is 1. The second kappa shape index (κ2) is 9.80. The maximum atomic E-state index is 16.5. The van der Waals surface area contributed by atoms with Crippen molar-refractivity contribution in [2.75, 3.05) is 43.4 Å². The molecule has 15 heteroatoms. The average molecular weight is 645 g/mol. The summed E-state index contributed by atoms with van der Waals surface area (Å²) in [5.41, 5.74) is 0.190. The molecule has 1 aliphatic carbocycles. The lowest BCUT2D eigenvalue weighted by Gasteiger charge is -2.34. The highest BCUT2D eigenvalue weighted by Crippen LogP contribution is 2.69. The van der Waals surface area contributed by atoms with E-state index in [2.05, 4.69) is 25.2 Å². The van der Waals surface area contributed by atoms with Gasteiger partial charge in [0.15, 0.2) is 5.82 Å². The predicted molar refractivity (Wildman–Crippen MR) is 155 cm³/mol. The van der Waals surface area contributed by atoms with Crippen LogP contribution in [0.1, 0.15) is 49.7 Å². The third kappa shape index (κ3) is 4.47. The van der Waals surface area contributed by atoms with Crippen molar-refractivity contribution in [3.05, 3.63) is 35.3 Å². The lowest BCUT2D eigenvalue weighted by molar-refractivity contribution is -0.137. The van der Waals surface area contributed by atoms with Gasteiger partial charge in [-0.1, -0.05) is 0 Å². The van der Waals surface area contributed by atoms with Crippen molar-refractivity contribution >= 4 is 22.4 Å². The van der Waals surface area contributed by atoms with E-state index in [1.54, 1.807) is 0 Å². The summed E-state index contributed by atoms with van der Waals surface area (Å²) >= 11 is 0. The highest BCUT2D eigenvalue weighted by atomic mass is 19.4. The molecule has 4 atom stereocenters. The van der Waals surface area contributed by atoms with E-state index in [1.807, 2.05) is 4.90 Å². The number of hydrogen-bond donors (Lipinski definition) is 2. The van der Waals surface area contributed by atoms with Gasteiger partial charge < -0.3 is 20.7 Å². The Balaban J connectivity index is 1.23. The van der Waals surface area contributed by atoms with Crippen LogP contribution in [-0.2, 0) is 6.18 Å². The molecule has 6 heterocycles. The number of nitrogens with zero attached hydrogens (tertiary/aromatic N) is 6. The van der Waals surface area contributed by atoms with Crippen molar-refractivity contribution in [1.29, 1.82) is 5.26 Å². The van der Waals surface area contributed by atoms with Crippen molar-refractivity contribution in [2.24, 2.45) is 5.41 Å². The first-order chi connectivity index (χ1) is 21.8. The largest absolute Gasteiger partial charge is 0.461 e. The molecule has 8 rings (SSSR count). The maximum Gasteiger partial charge on any atom is 0.418 e. The number of halogens is 6. The first kappa shape index (κ1) is 29.5. The summed E-state index contributed by atoms with van der Waals surface area (Å²) in [6.45, 7) is 2.08. The fourth-order valence-corrected chi connectivity index (χ4v) is 8.38. The Morgan fingerprint density at radius 3 is 2.54 bits per heavy atom. The minimum absolute atomic E-state index is 0.0150. The lowest BCUT2D eigenvalue weighted by atomic mass is 9.89. The van der Waals surface area contributed by atoms with E-state index in [9.17, 15) is 27.2 Å². The molecule has 9 nitrogen and oxygen atoms in total. The molecule has 2 aromatic heterocycles. The second-order valence-electron chi connectivity index (χ2n) is 13.5. The Hall–Kier alpha value is -3.90. The van der Waals surface area contributed by atoms with E-state index < -0.39 is 51.3 Å². The molecule has 5 aliphatic rings. The van der Waals surface area contributed by atoms with Gasteiger partial charge in [0, 0.05) is 55.6 Å². The normalized spacial score (nSPS) is 29.8. The first-order valence-electron chi connectivity index (χ1n) is 15.4. The van der Waals surface area contributed by atoms with Gasteiger partial charge in [0.2, 0.25) is 0 Å². The predicted octanol–water partition coefficient (Wildman–Crippen LogP) is 4.89. The van der Waals surface area contributed by atoms with Crippen LogP contribution in [0.3, 0.4) is 0 Å². The number of nitrogens with two attached hydrogens (primary N) is 1. The zero-order valence-corrected chi connectivity index (χ0v) is 24.6. The molecule has 0 unspecified atom stereocenters. The average Bonchev–Trinajstić information content (AvgIpc) is 3.32. The van der Waals surface area contributed by atoms with Crippen LogP contribution in [0.2, 0.25) is 0 Å². The molecule has 1 aromatic carbocycles. The van der Waals surface area contributed by atoms with Crippen molar-refractivity contribution in [1.82, 2.24) is 25.2 Å². The zero-order valence-electron chi connectivity index (χ0n) is 24.6. The number of alkyl halides is 5. The summed E-state index contributed by atoms with van der Waals surface area (Å²) in [5.74, 6) is -3.54. The number of ether oxygens (including phenoxy) is 1. The topological polar surface area (TPSA) is 116 Å². The third-order valence-electron chi connectivity index (χ3n) is 10.6. The van der Waals surface area contributed by atoms with Gasteiger partial charge in [-0.3, -0.25) is 9.88 Å². The zero-order chi connectivity index (χ0) is 32.2. The Labute approximate surface area is 259 Å². The molecule has 46 heavy (non-hydrogen) atoms. The van der Waals surface area contributed by atoms with Crippen molar-refractivity contribution in [3.8, 4) is 23.3 Å². The monoisotopic (exact) mass is 644 g/mol. The fraction of sp³-hybridized carbons (Fsp3) is 0.548. The van der Waals surface area contributed by atoms with Crippen LogP contribution in [0.4, 0.5) is 37.8 Å². The number of nitriles is 1. The molecule has 242 valence electrons. The molecule has 4 saturated heterocycles. The number of hydrogen-bond acceptors (Lipinski definition) is 9. The van der Waals surface area contributed by atoms with Crippen LogP contribution in [0.15, 0.2) is 18.3 Å². The lowest BCUT2D eigenvalue weighted by Crippen LogP contribution is -2.51. The minimum atomic E-state index is -5.01. The highest BCUT2D eigenvalue weighted by Gasteiger charge is 2.77. The van der Waals surface area contributed by atoms with Crippen LogP contribution >= 0.6 is 0 Å². The Kier molecular flexibility index (Phi) is 6.29. The third-order valence-corrected chi connectivity index (χ3v) is 10.6.